The monoisotopic (exact) mass is 568 g/mol. The lowest BCUT2D eigenvalue weighted by Crippen LogP contribution is -2.60. The summed E-state index contributed by atoms with van der Waals surface area (Å²) in [5.74, 6) is -4.29. The van der Waals surface area contributed by atoms with Crippen LogP contribution in [-0.2, 0) is 19.1 Å². The Morgan fingerprint density at radius 1 is 1.43 bits per heavy atom. The summed E-state index contributed by atoms with van der Waals surface area (Å²) < 4.78 is 6.33. The minimum Gasteiger partial charge on any atom is -0.481 e. The highest BCUT2D eigenvalue weighted by Crippen LogP contribution is 2.60. The number of aliphatic hydroxyl groups excluding tert-OH is 1. The van der Waals surface area contributed by atoms with Gasteiger partial charge in [0.25, 0.3) is 5.91 Å². The maximum Gasteiger partial charge on any atom is 0.310 e. The van der Waals surface area contributed by atoms with Crippen molar-refractivity contribution in [2.24, 2.45) is 17.8 Å². The Balaban J connectivity index is 1.89. The van der Waals surface area contributed by atoms with Gasteiger partial charge in [-0.05, 0) is 24.5 Å². The third-order valence-corrected chi connectivity index (χ3v) is 8.98. The van der Waals surface area contributed by atoms with Crippen molar-refractivity contribution in [2.75, 3.05) is 18.1 Å². The van der Waals surface area contributed by atoms with Crippen molar-refractivity contribution in [3.05, 3.63) is 41.9 Å². The van der Waals surface area contributed by atoms with Crippen molar-refractivity contribution in [1.82, 2.24) is 4.90 Å². The number of hydrogen-bond donors (Lipinski definition) is 2. The maximum atomic E-state index is 14.4. The molecule has 4 rings (SSSR count). The SMILES string of the molecule is C=CCN(C(=O)[C@H]1N([C@@H](CO)[C@@H](C)CC)C(=O)[C@@H]2[C@@H](C(=O)O)[C@@H]3O[C@@]21CC3Br)c1ccccc1Cl. The summed E-state index contributed by atoms with van der Waals surface area (Å²) in [7, 11) is 0. The number of rotatable bonds is 9. The Morgan fingerprint density at radius 2 is 2.11 bits per heavy atom. The molecular weight excluding hydrogens is 540 g/mol. The standard InChI is InChI=1S/C25H30BrClN2O6/c1-4-10-28(16-9-7-6-8-15(16)27)23(32)21-25-11-14(26)20(35-25)18(24(33)34)19(25)22(31)29(21)17(12-30)13(3)5-2/h4,6-9,13-14,17-21,30H,1,5,10-12H2,2-3H3,(H,33,34)/t13-,14?,17-,18+,19-,20+,21+,25-/m0/s1. The number of amides is 2. The number of carbonyl (C=O) groups excluding carboxylic acids is 2. The highest BCUT2D eigenvalue weighted by atomic mass is 79.9. The largest absolute Gasteiger partial charge is 0.481 e. The second-order valence-corrected chi connectivity index (χ2v) is 11.2. The number of likely N-dealkylation sites (tertiary alicyclic amines) is 1. The second kappa shape index (κ2) is 9.84. The number of aliphatic hydroxyl groups is 1. The van der Waals surface area contributed by atoms with Crippen LogP contribution in [0.2, 0.25) is 5.02 Å². The van der Waals surface area contributed by atoms with E-state index in [1.165, 1.54) is 9.80 Å². The van der Waals surface area contributed by atoms with E-state index in [9.17, 15) is 24.6 Å². The first kappa shape index (κ1) is 26.1. The van der Waals surface area contributed by atoms with Crippen LogP contribution in [0.15, 0.2) is 36.9 Å². The molecule has 1 aromatic carbocycles. The molecule has 1 aromatic rings. The lowest BCUT2D eigenvalue weighted by Gasteiger charge is -2.41. The fraction of sp³-hybridized carbons (Fsp3) is 0.560. The Labute approximate surface area is 218 Å². The molecule has 2 N–H and O–H groups in total. The first-order chi connectivity index (χ1) is 16.6. The number of carboxylic acid groups (broad SMARTS) is 1. The van der Waals surface area contributed by atoms with E-state index in [1.807, 2.05) is 13.8 Å². The average Bonchev–Trinajstić information content (AvgIpc) is 3.42. The van der Waals surface area contributed by atoms with Gasteiger partial charge in [0.2, 0.25) is 5.91 Å². The zero-order valence-corrected chi connectivity index (χ0v) is 22.0. The number of para-hydroxylation sites is 1. The van der Waals surface area contributed by atoms with Crippen LogP contribution in [-0.4, -0.2) is 74.7 Å². The van der Waals surface area contributed by atoms with Gasteiger partial charge in [-0.2, -0.15) is 0 Å². The van der Waals surface area contributed by atoms with Gasteiger partial charge in [0, 0.05) is 11.4 Å². The van der Waals surface area contributed by atoms with Crippen LogP contribution in [0.1, 0.15) is 26.7 Å². The first-order valence-corrected chi connectivity index (χ1v) is 13.1. The summed E-state index contributed by atoms with van der Waals surface area (Å²) in [6.45, 7) is 7.38. The van der Waals surface area contributed by atoms with E-state index in [0.29, 0.717) is 23.6 Å². The smallest absolute Gasteiger partial charge is 0.310 e. The van der Waals surface area contributed by atoms with Crippen molar-refractivity contribution < 1.29 is 29.3 Å². The summed E-state index contributed by atoms with van der Waals surface area (Å²) in [6, 6.07) is 5.08. The quantitative estimate of drug-likeness (QED) is 0.350. The summed E-state index contributed by atoms with van der Waals surface area (Å²) in [6.07, 6.45) is 1.79. The highest BCUT2D eigenvalue weighted by molar-refractivity contribution is 9.09. The molecule has 190 valence electrons. The number of nitrogens with zero attached hydrogens (tertiary/aromatic N) is 2. The maximum absolute atomic E-state index is 14.4. The van der Waals surface area contributed by atoms with Crippen molar-refractivity contribution in [3.63, 3.8) is 0 Å². The Morgan fingerprint density at radius 3 is 2.69 bits per heavy atom. The second-order valence-electron chi connectivity index (χ2n) is 9.57. The molecule has 2 bridgehead atoms. The fourth-order valence-electron chi connectivity index (χ4n) is 6.05. The van der Waals surface area contributed by atoms with E-state index in [2.05, 4.69) is 22.5 Å². The summed E-state index contributed by atoms with van der Waals surface area (Å²) >= 11 is 9.99. The van der Waals surface area contributed by atoms with Gasteiger partial charge in [0.05, 0.1) is 41.3 Å². The highest BCUT2D eigenvalue weighted by Gasteiger charge is 2.77. The third-order valence-electron chi connectivity index (χ3n) is 7.81. The third kappa shape index (κ3) is 3.91. The Kier molecular flexibility index (Phi) is 7.35. The van der Waals surface area contributed by atoms with E-state index in [4.69, 9.17) is 16.3 Å². The number of carboxylic acids is 1. The predicted molar refractivity (Wildman–Crippen MR) is 135 cm³/mol. The molecule has 8 nitrogen and oxygen atoms in total. The Hall–Kier alpha value is -1.94. The molecule has 10 heteroatoms. The predicted octanol–water partition coefficient (Wildman–Crippen LogP) is 3.10. The van der Waals surface area contributed by atoms with Crippen LogP contribution < -0.4 is 4.90 Å². The summed E-state index contributed by atoms with van der Waals surface area (Å²) in [5, 5.41) is 20.7. The number of ether oxygens (including phenoxy) is 1. The van der Waals surface area contributed by atoms with Gasteiger partial charge >= 0.3 is 5.97 Å². The van der Waals surface area contributed by atoms with Gasteiger partial charge < -0.3 is 24.7 Å². The Bertz CT molecular complexity index is 1040. The average molecular weight is 570 g/mol. The molecule has 2 amide bonds. The van der Waals surface area contributed by atoms with Gasteiger partial charge in [-0.15, -0.1) is 6.58 Å². The molecule has 3 heterocycles. The lowest BCUT2D eigenvalue weighted by atomic mass is 9.70. The van der Waals surface area contributed by atoms with Gasteiger partial charge in [0.15, 0.2) is 0 Å². The number of carbonyl (C=O) groups is 3. The molecule has 0 radical (unpaired) electrons. The van der Waals surface area contributed by atoms with Crippen LogP contribution in [0.4, 0.5) is 5.69 Å². The molecule has 8 atom stereocenters. The molecule has 3 aliphatic heterocycles. The van der Waals surface area contributed by atoms with Crippen LogP contribution in [0.3, 0.4) is 0 Å². The molecule has 0 aliphatic carbocycles. The molecule has 3 fully saturated rings. The molecule has 1 unspecified atom stereocenters. The fourth-order valence-corrected chi connectivity index (χ4v) is 7.24. The topological polar surface area (TPSA) is 107 Å². The number of hydrogen-bond acceptors (Lipinski definition) is 5. The minimum atomic E-state index is -1.34. The van der Waals surface area contributed by atoms with Crippen LogP contribution in [0, 0.1) is 17.8 Å². The van der Waals surface area contributed by atoms with E-state index in [1.54, 1.807) is 30.3 Å². The van der Waals surface area contributed by atoms with Gasteiger partial charge in [-0.3, -0.25) is 14.4 Å². The van der Waals surface area contributed by atoms with E-state index >= 15 is 0 Å². The zero-order valence-electron chi connectivity index (χ0n) is 19.6. The lowest BCUT2D eigenvalue weighted by molar-refractivity contribution is -0.151. The number of halogens is 2. The van der Waals surface area contributed by atoms with Crippen molar-refractivity contribution >= 4 is 51.0 Å². The summed E-state index contributed by atoms with van der Waals surface area (Å²) in [5.41, 5.74) is -0.884. The summed E-state index contributed by atoms with van der Waals surface area (Å²) in [4.78, 5) is 43.2. The van der Waals surface area contributed by atoms with Crippen molar-refractivity contribution in [2.45, 2.75) is 55.3 Å². The van der Waals surface area contributed by atoms with Crippen molar-refractivity contribution in [3.8, 4) is 0 Å². The van der Waals surface area contributed by atoms with E-state index < -0.39 is 53.4 Å². The van der Waals surface area contributed by atoms with Crippen molar-refractivity contribution in [1.29, 1.82) is 0 Å². The molecule has 35 heavy (non-hydrogen) atoms. The molecular formula is C25H30BrClN2O6. The number of benzene rings is 1. The number of anilines is 1. The number of alkyl halides is 1. The van der Waals surface area contributed by atoms with Crippen LogP contribution in [0.25, 0.3) is 0 Å². The number of fused-ring (bicyclic) bond motifs is 1. The zero-order chi connectivity index (χ0) is 25.7. The van der Waals surface area contributed by atoms with Gasteiger partial charge in [-0.1, -0.05) is 66.0 Å². The molecule has 3 saturated heterocycles. The molecule has 0 saturated carbocycles. The molecule has 1 spiro atoms. The molecule has 0 aromatic heterocycles. The van der Waals surface area contributed by atoms with Crippen LogP contribution >= 0.6 is 27.5 Å². The van der Waals surface area contributed by atoms with E-state index in [0.717, 1.165) is 0 Å². The van der Waals surface area contributed by atoms with Gasteiger partial charge in [-0.25, -0.2) is 0 Å². The van der Waals surface area contributed by atoms with E-state index in [-0.39, 0.29) is 23.9 Å². The number of aliphatic carboxylic acids is 1. The normalized spacial score (nSPS) is 32.9. The van der Waals surface area contributed by atoms with Gasteiger partial charge in [0.1, 0.15) is 11.6 Å². The van der Waals surface area contributed by atoms with Crippen LogP contribution in [0.5, 0.6) is 0 Å². The molecule has 3 aliphatic rings. The minimum absolute atomic E-state index is 0.124. The first-order valence-electron chi connectivity index (χ1n) is 11.8.